The van der Waals surface area contributed by atoms with Gasteiger partial charge in [0.25, 0.3) is 15.7 Å². The molecule has 0 radical (unpaired) electrons. The van der Waals surface area contributed by atoms with Gasteiger partial charge in [-0.25, -0.2) is 8.42 Å². The molecule has 0 saturated carbocycles. The van der Waals surface area contributed by atoms with E-state index in [4.69, 9.17) is 11.6 Å². The summed E-state index contributed by atoms with van der Waals surface area (Å²) in [6.07, 6.45) is 0. The summed E-state index contributed by atoms with van der Waals surface area (Å²) in [5.41, 5.74) is 0.151. The van der Waals surface area contributed by atoms with Crippen LogP contribution in [0.1, 0.15) is 5.56 Å². The summed E-state index contributed by atoms with van der Waals surface area (Å²) in [5.74, 6) is 0. The number of nitro benzene ring substituents is 1. The average Bonchev–Trinajstić information content (AvgIpc) is 2.55. The second-order valence-electron chi connectivity index (χ2n) is 4.94. The molecule has 0 fully saturated rings. The number of para-hydroxylation sites is 1. The fourth-order valence-corrected chi connectivity index (χ4v) is 3.96. The third-order valence-electron chi connectivity index (χ3n) is 3.42. The molecule has 0 atom stereocenters. The minimum Gasteiger partial charge on any atom is -0.394 e. The molecule has 7 nitrogen and oxygen atoms in total. The van der Waals surface area contributed by atoms with E-state index in [9.17, 15) is 23.6 Å². The molecule has 2 rings (SSSR count). The average molecular weight is 371 g/mol. The summed E-state index contributed by atoms with van der Waals surface area (Å²) >= 11 is 5.96. The Hall–Kier alpha value is -2.16. The Morgan fingerprint density at radius 2 is 1.88 bits per heavy atom. The van der Waals surface area contributed by atoms with Gasteiger partial charge in [0.15, 0.2) is 0 Å². The van der Waals surface area contributed by atoms with E-state index >= 15 is 0 Å². The van der Waals surface area contributed by atoms with Gasteiger partial charge >= 0.3 is 0 Å². The van der Waals surface area contributed by atoms with Gasteiger partial charge in [0.1, 0.15) is 0 Å². The Labute approximate surface area is 144 Å². The van der Waals surface area contributed by atoms with Crippen LogP contribution in [0.5, 0.6) is 0 Å². The van der Waals surface area contributed by atoms with Gasteiger partial charge in [-0.3, -0.25) is 14.4 Å². The van der Waals surface area contributed by atoms with Crippen molar-refractivity contribution in [2.75, 3.05) is 17.5 Å². The summed E-state index contributed by atoms with van der Waals surface area (Å²) in [7, 11) is -4.13. The number of nitrogens with zero attached hydrogens (tertiary/aromatic N) is 2. The minimum absolute atomic E-state index is 0.0141. The number of anilines is 1. The molecule has 2 aromatic carbocycles. The Morgan fingerprint density at radius 3 is 2.42 bits per heavy atom. The number of rotatable bonds is 6. The summed E-state index contributed by atoms with van der Waals surface area (Å²) in [6, 6.07) is 10.3. The number of aliphatic hydroxyl groups excluding tert-OH is 1. The predicted octanol–water partition coefficient (Wildman–Crippen LogP) is 2.74. The van der Waals surface area contributed by atoms with Crippen molar-refractivity contribution in [2.45, 2.75) is 11.8 Å². The van der Waals surface area contributed by atoms with E-state index in [2.05, 4.69) is 0 Å². The number of hydrogen-bond donors (Lipinski definition) is 1. The van der Waals surface area contributed by atoms with Crippen LogP contribution < -0.4 is 4.31 Å². The summed E-state index contributed by atoms with van der Waals surface area (Å²) < 4.78 is 26.8. The van der Waals surface area contributed by atoms with E-state index in [1.54, 1.807) is 30.3 Å². The molecule has 1 N–H and O–H groups in total. The van der Waals surface area contributed by atoms with Crippen molar-refractivity contribution in [2.24, 2.45) is 0 Å². The Morgan fingerprint density at radius 1 is 1.25 bits per heavy atom. The zero-order valence-electron chi connectivity index (χ0n) is 12.7. The van der Waals surface area contributed by atoms with Crippen LogP contribution in [-0.4, -0.2) is 31.6 Å². The largest absolute Gasteiger partial charge is 0.394 e. The van der Waals surface area contributed by atoms with Gasteiger partial charge in [-0.2, -0.15) is 0 Å². The fraction of sp³-hybridized carbons (Fsp3) is 0.200. The molecule has 0 aliphatic carbocycles. The number of aliphatic hydroxyl groups is 1. The number of halogens is 1. The molecule has 128 valence electrons. The first-order chi connectivity index (χ1) is 11.3. The highest BCUT2D eigenvalue weighted by molar-refractivity contribution is 7.92. The van der Waals surface area contributed by atoms with Crippen LogP contribution in [0.15, 0.2) is 47.4 Å². The lowest BCUT2D eigenvalue weighted by molar-refractivity contribution is -0.385. The maximum absolute atomic E-state index is 12.9. The molecule has 9 heteroatoms. The Balaban J connectivity index is 2.62. The fourth-order valence-electron chi connectivity index (χ4n) is 2.18. The molecular weight excluding hydrogens is 356 g/mol. The maximum Gasteiger partial charge on any atom is 0.275 e. The van der Waals surface area contributed by atoms with Crippen LogP contribution >= 0.6 is 11.6 Å². The first kappa shape index (κ1) is 18.2. The van der Waals surface area contributed by atoms with E-state index in [0.29, 0.717) is 5.69 Å². The van der Waals surface area contributed by atoms with Gasteiger partial charge < -0.3 is 5.11 Å². The quantitative estimate of drug-likeness (QED) is 0.622. The molecule has 0 saturated heterocycles. The molecule has 24 heavy (non-hydrogen) atoms. The monoisotopic (exact) mass is 370 g/mol. The topological polar surface area (TPSA) is 101 Å². The molecule has 0 aromatic heterocycles. The lowest BCUT2D eigenvalue weighted by Gasteiger charge is -2.23. The van der Waals surface area contributed by atoms with Crippen LogP contribution in [0.4, 0.5) is 11.4 Å². The molecule has 0 unspecified atom stereocenters. The summed E-state index contributed by atoms with van der Waals surface area (Å²) in [5, 5.41) is 20.3. The van der Waals surface area contributed by atoms with Crippen molar-refractivity contribution in [3.63, 3.8) is 0 Å². The van der Waals surface area contributed by atoms with Crippen LogP contribution in [0.3, 0.4) is 0 Å². The highest BCUT2D eigenvalue weighted by atomic mass is 35.5. The van der Waals surface area contributed by atoms with Crippen molar-refractivity contribution in [3.05, 3.63) is 63.2 Å². The third kappa shape index (κ3) is 3.50. The smallest absolute Gasteiger partial charge is 0.275 e. The van der Waals surface area contributed by atoms with Gasteiger partial charge in [0.05, 0.1) is 33.7 Å². The lowest BCUT2D eigenvalue weighted by atomic mass is 10.2. The molecular formula is C15H15ClN2O5S. The van der Waals surface area contributed by atoms with Crippen molar-refractivity contribution in [1.82, 2.24) is 0 Å². The maximum atomic E-state index is 12.9. The van der Waals surface area contributed by atoms with E-state index < -0.39 is 21.6 Å². The Kier molecular flexibility index (Phi) is 5.43. The predicted molar refractivity (Wildman–Crippen MR) is 90.9 cm³/mol. The van der Waals surface area contributed by atoms with Crippen LogP contribution in [0.2, 0.25) is 5.02 Å². The highest BCUT2D eigenvalue weighted by Crippen LogP contribution is 2.32. The number of hydrogen-bond acceptors (Lipinski definition) is 5. The van der Waals surface area contributed by atoms with Gasteiger partial charge in [0, 0.05) is 11.6 Å². The van der Waals surface area contributed by atoms with Crippen LogP contribution in [0, 0.1) is 17.0 Å². The van der Waals surface area contributed by atoms with E-state index in [0.717, 1.165) is 10.4 Å². The molecule has 0 aliphatic rings. The number of sulfonamides is 1. The second-order valence-corrected chi connectivity index (χ2v) is 7.21. The van der Waals surface area contributed by atoms with Gasteiger partial charge in [0.2, 0.25) is 0 Å². The molecule has 0 heterocycles. The van der Waals surface area contributed by atoms with E-state index in [1.807, 2.05) is 0 Å². The van der Waals surface area contributed by atoms with E-state index in [-0.39, 0.29) is 27.7 Å². The second kappa shape index (κ2) is 7.16. The van der Waals surface area contributed by atoms with Crippen LogP contribution in [-0.2, 0) is 10.0 Å². The van der Waals surface area contributed by atoms with E-state index in [1.165, 1.54) is 13.0 Å². The minimum atomic E-state index is -4.13. The van der Waals surface area contributed by atoms with Crippen molar-refractivity contribution >= 4 is 33.0 Å². The summed E-state index contributed by atoms with van der Waals surface area (Å²) in [6.45, 7) is 0.848. The third-order valence-corrected chi connectivity index (χ3v) is 5.62. The molecule has 0 bridgehead atoms. The standard InChI is InChI=1S/C15H15ClN2O5S/c1-11-14(16)9-13(10-15(11)18(20)21)24(22,23)17(7-8-19)12-5-3-2-4-6-12/h2-6,9-10,19H,7-8H2,1H3. The normalized spacial score (nSPS) is 11.3. The first-order valence-corrected chi connectivity index (χ1v) is 8.74. The molecule has 0 aliphatic heterocycles. The first-order valence-electron chi connectivity index (χ1n) is 6.92. The zero-order chi connectivity index (χ0) is 17.9. The number of benzene rings is 2. The van der Waals surface area contributed by atoms with Gasteiger partial charge in [-0.1, -0.05) is 29.8 Å². The van der Waals surface area contributed by atoms with Gasteiger partial charge in [-0.05, 0) is 25.1 Å². The van der Waals surface area contributed by atoms with Crippen molar-refractivity contribution in [3.8, 4) is 0 Å². The lowest BCUT2D eigenvalue weighted by Crippen LogP contribution is -2.33. The summed E-state index contributed by atoms with van der Waals surface area (Å²) in [4.78, 5) is 10.1. The van der Waals surface area contributed by atoms with Gasteiger partial charge in [-0.15, -0.1) is 0 Å². The SMILES string of the molecule is Cc1c(Cl)cc(S(=O)(=O)N(CCO)c2ccccc2)cc1[N+](=O)[O-]. The number of nitro groups is 1. The highest BCUT2D eigenvalue weighted by Gasteiger charge is 2.28. The molecule has 2 aromatic rings. The molecule has 0 spiro atoms. The molecule has 0 amide bonds. The zero-order valence-corrected chi connectivity index (χ0v) is 14.3. The Bertz CT molecular complexity index is 856. The van der Waals surface area contributed by atoms with Crippen LogP contribution in [0.25, 0.3) is 0 Å². The van der Waals surface area contributed by atoms with Crippen molar-refractivity contribution in [1.29, 1.82) is 0 Å². The van der Waals surface area contributed by atoms with Crippen molar-refractivity contribution < 1.29 is 18.4 Å².